The maximum atomic E-state index is 12.0. The van der Waals surface area contributed by atoms with Gasteiger partial charge in [-0.25, -0.2) is 4.79 Å². The number of rotatable bonds is 4. The third kappa shape index (κ3) is 3.55. The third-order valence-corrected chi connectivity index (χ3v) is 4.62. The smallest absolute Gasteiger partial charge is 0.328 e. The lowest BCUT2D eigenvalue weighted by Gasteiger charge is -2.19. The van der Waals surface area contributed by atoms with Crippen molar-refractivity contribution in [2.24, 2.45) is 5.92 Å². The SMILES string of the molecule is COC(=O)C(NC(=O)c1cc(C)c(Br)s1)C(C)C. The van der Waals surface area contributed by atoms with Gasteiger partial charge in [0.1, 0.15) is 6.04 Å². The molecule has 1 unspecified atom stereocenters. The van der Waals surface area contributed by atoms with Crippen LogP contribution in [-0.2, 0) is 9.53 Å². The zero-order chi connectivity index (χ0) is 13.9. The molecule has 1 heterocycles. The Labute approximate surface area is 119 Å². The summed E-state index contributed by atoms with van der Waals surface area (Å²) in [6.07, 6.45) is 0. The highest BCUT2D eigenvalue weighted by atomic mass is 79.9. The van der Waals surface area contributed by atoms with E-state index >= 15 is 0 Å². The molecule has 4 nitrogen and oxygen atoms in total. The summed E-state index contributed by atoms with van der Waals surface area (Å²) >= 11 is 4.72. The van der Waals surface area contributed by atoms with Gasteiger partial charge in [-0.15, -0.1) is 11.3 Å². The first-order valence-corrected chi connectivity index (χ1v) is 7.12. The predicted octanol–water partition coefficient (Wildman–Crippen LogP) is 2.75. The molecule has 0 aliphatic heterocycles. The van der Waals surface area contributed by atoms with Crippen molar-refractivity contribution in [3.05, 3.63) is 20.3 Å². The molecular weight excluding hydrogens is 318 g/mol. The summed E-state index contributed by atoms with van der Waals surface area (Å²) in [5.41, 5.74) is 1.00. The summed E-state index contributed by atoms with van der Waals surface area (Å²) in [6.45, 7) is 5.63. The van der Waals surface area contributed by atoms with Crippen molar-refractivity contribution in [2.75, 3.05) is 7.11 Å². The molecule has 1 atom stereocenters. The van der Waals surface area contributed by atoms with Crippen molar-refractivity contribution < 1.29 is 14.3 Å². The summed E-state index contributed by atoms with van der Waals surface area (Å²) in [4.78, 5) is 24.1. The lowest BCUT2D eigenvalue weighted by Crippen LogP contribution is -2.44. The van der Waals surface area contributed by atoms with Gasteiger partial charge in [-0.1, -0.05) is 13.8 Å². The topological polar surface area (TPSA) is 55.4 Å². The molecule has 0 spiro atoms. The standard InChI is InChI=1S/C12H16BrNO3S/c1-6(2)9(12(16)17-4)14-11(15)8-5-7(3)10(13)18-8/h5-6,9H,1-4H3,(H,14,15). The fourth-order valence-electron chi connectivity index (χ4n) is 1.41. The number of amides is 1. The van der Waals surface area contributed by atoms with Crippen LogP contribution in [0.2, 0.25) is 0 Å². The number of halogens is 1. The average Bonchev–Trinajstić information content (AvgIpc) is 2.65. The minimum Gasteiger partial charge on any atom is -0.467 e. The van der Waals surface area contributed by atoms with Crippen molar-refractivity contribution >= 4 is 39.1 Å². The average molecular weight is 334 g/mol. The molecule has 0 radical (unpaired) electrons. The monoisotopic (exact) mass is 333 g/mol. The Hall–Kier alpha value is -0.880. The fourth-order valence-corrected chi connectivity index (χ4v) is 2.85. The van der Waals surface area contributed by atoms with Gasteiger partial charge in [0.25, 0.3) is 5.91 Å². The van der Waals surface area contributed by atoms with Gasteiger partial charge in [-0.3, -0.25) is 4.79 Å². The van der Waals surface area contributed by atoms with Crippen LogP contribution in [0.5, 0.6) is 0 Å². The van der Waals surface area contributed by atoms with Crippen molar-refractivity contribution in [3.63, 3.8) is 0 Å². The molecule has 0 aliphatic carbocycles. The van der Waals surface area contributed by atoms with Crippen molar-refractivity contribution in [1.82, 2.24) is 5.32 Å². The Bertz CT molecular complexity index is 437. The summed E-state index contributed by atoms with van der Waals surface area (Å²) in [6, 6.07) is 1.17. The van der Waals surface area contributed by atoms with Crippen LogP contribution in [-0.4, -0.2) is 25.0 Å². The van der Waals surface area contributed by atoms with E-state index in [1.54, 1.807) is 6.07 Å². The van der Waals surface area contributed by atoms with E-state index in [-0.39, 0.29) is 11.8 Å². The second-order valence-corrected chi connectivity index (χ2v) is 6.66. The molecule has 1 aromatic rings. The van der Waals surface area contributed by atoms with E-state index in [0.29, 0.717) is 4.88 Å². The molecular formula is C12H16BrNO3S. The fraction of sp³-hybridized carbons (Fsp3) is 0.500. The number of ether oxygens (including phenoxy) is 1. The van der Waals surface area contributed by atoms with Gasteiger partial charge >= 0.3 is 5.97 Å². The highest BCUT2D eigenvalue weighted by Crippen LogP contribution is 2.27. The molecule has 100 valence electrons. The molecule has 18 heavy (non-hydrogen) atoms. The second kappa shape index (κ2) is 6.33. The number of nitrogens with one attached hydrogen (secondary N) is 1. The van der Waals surface area contributed by atoms with Crippen molar-refractivity contribution in [2.45, 2.75) is 26.8 Å². The Kier molecular flexibility index (Phi) is 5.34. The van der Waals surface area contributed by atoms with E-state index in [1.807, 2.05) is 20.8 Å². The number of thiophene rings is 1. The van der Waals surface area contributed by atoms with Gasteiger partial charge in [0, 0.05) is 0 Å². The molecule has 1 aromatic heterocycles. The van der Waals surface area contributed by atoms with Crippen LogP contribution in [0.3, 0.4) is 0 Å². The van der Waals surface area contributed by atoms with Crippen LogP contribution in [0, 0.1) is 12.8 Å². The van der Waals surface area contributed by atoms with E-state index in [2.05, 4.69) is 26.0 Å². The number of carbonyl (C=O) groups is 2. The molecule has 0 saturated carbocycles. The maximum absolute atomic E-state index is 12.0. The molecule has 1 N–H and O–H groups in total. The minimum absolute atomic E-state index is 0.0223. The highest BCUT2D eigenvalue weighted by molar-refractivity contribution is 9.11. The number of methoxy groups -OCH3 is 1. The normalized spacial score (nSPS) is 12.3. The Balaban J connectivity index is 2.81. The molecule has 0 aromatic carbocycles. The zero-order valence-electron chi connectivity index (χ0n) is 10.7. The first-order valence-electron chi connectivity index (χ1n) is 5.51. The van der Waals surface area contributed by atoms with Gasteiger partial charge in [-0.05, 0) is 40.4 Å². The van der Waals surface area contributed by atoms with Gasteiger partial charge < -0.3 is 10.1 Å². The van der Waals surface area contributed by atoms with Crippen LogP contribution in [0.15, 0.2) is 9.85 Å². The van der Waals surface area contributed by atoms with Gasteiger partial charge in [0.2, 0.25) is 0 Å². The van der Waals surface area contributed by atoms with E-state index in [4.69, 9.17) is 0 Å². The van der Waals surface area contributed by atoms with Gasteiger partial charge in [0.15, 0.2) is 0 Å². The number of esters is 1. The van der Waals surface area contributed by atoms with E-state index in [1.165, 1.54) is 18.4 Å². The molecule has 6 heteroatoms. The lowest BCUT2D eigenvalue weighted by molar-refractivity contribution is -0.144. The Morgan fingerprint density at radius 2 is 2.06 bits per heavy atom. The lowest BCUT2D eigenvalue weighted by atomic mass is 10.0. The van der Waals surface area contributed by atoms with Crippen molar-refractivity contribution in [1.29, 1.82) is 0 Å². The molecule has 1 amide bonds. The quantitative estimate of drug-likeness (QED) is 0.862. The molecule has 1 rings (SSSR count). The zero-order valence-corrected chi connectivity index (χ0v) is 13.1. The largest absolute Gasteiger partial charge is 0.467 e. The number of hydrogen-bond acceptors (Lipinski definition) is 4. The van der Waals surface area contributed by atoms with Crippen molar-refractivity contribution in [3.8, 4) is 0 Å². The van der Waals surface area contributed by atoms with E-state index < -0.39 is 12.0 Å². The van der Waals surface area contributed by atoms with Crippen LogP contribution in [0.25, 0.3) is 0 Å². The summed E-state index contributed by atoms with van der Waals surface area (Å²) in [5, 5.41) is 2.70. The number of carbonyl (C=O) groups excluding carboxylic acids is 2. The number of hydrogen-bond donors (Lipinski definition) is 1. The number of aryl methyl sites for hydroxylation is 1. The minimum atomic E-state index is -0.622. The summed E-state index contributed by atoms with van der Waals surface area (Å²) in [7, 11) is 1.32. The Morgan fingerprint density at radius 1 is 1.44 bits per heavy atom. The van der Waals surface area contributed by atoms with Crippen LogP contribution < -0.4 is 5.32 Å². The van der Waals surface area contributed by atoms with E-state index in [0.717, 1.165) is 9.35 Å². The van der Waals surface area contributed by atoms with Gasteiger partial charge in [-0.2, -0.15) is 0 Å². The molecule has 0 saturated heterocycles. The second-order valence-electron chi connectivity index (χ2n) is 4.29. The first-order chi connectivity index (χ1) is 8.36. The first kappa shape index (κ1) is 15.2. The predicted molar refractivity (Wildman–Crippen MR) is 74.9 cm³/mol. The van der Waals surface area contributed by atoms with Gasteiger partial charge in [0.05, 0.1) is 15.8 Å². The van der Waals surface area contributed by atoms with Crippen LogP contribution in [0.4, 0.5) is 0 Å². The molecule has 0 bridgehead atoms. The van der Waals surface area contributed by atoms with Crippen LogP contribution in [0.1, 0.15) is 29.1 Å². The maximum Gasteiger partial charge on any atom is 0.328 e. The molecule has 0 aliphatic rings. The van der Waals surface area contributed by atoms with E-state index in [9.17, 15) is 9.59 Å². The summed E-state index contributed by atoms with van der Waals surface area (Å²) in [5.74, 6) is -0.700. The Morgan fingerprint density at radius 3 is 2.44 bits per heavy atom. The third-order valence-electron chi connectivity index (χ3n) is 2.49. The summed E-state index contributed by atoms with van der Waals surface area (Å²) < 4.78 is 5.60. The molecule has 0 fully saturated rings. The van der Waals surface area contributed by atoms with Crippen LogP contribution >= 0.6 is 27.3 Å². The highest BCUT2D eigenvalue weighted by Gasteiger charge is 2.26.